The Balaban J connectivity index is 2.12. The summed E-state index contributed by atoms with van der Waals surface area (Å²) < 4.78 is 16.2. The van der Waals surface area contributed by atoms with E-state index in [9.17, 15) is 9.59 Å². The fourth-order valence-electron chi connectivity index (χ4n) is 2.66. The highest BCUT2D eigenvalue weighted by Crippen LogP contribution is 2.37. The van der Waals surface area contributed by atoms with Gasteiger partial charge in [0, 0.05) is 5.69 Å². The fraction of sp³-hybridized carbons (Fsp3) is 0.364. The van der Waals surface area contributed by atoms with Gasteiger partial charge in [0.05, 0.1) is 23.8 Å². The Morgan fingerprint density at radius 2 is 1.76 bits per heavy atom. The van der Waals surface area contributed by atoms with Crippen LogP contribution in [-0.2, 0) is 9.53 Å². The van der Waals surface area contributed by atoms with Crippen LogP contribution in [0.15, 0.2) is 30.3 Å². The average Bonchev–Trinajstić information content (AvgIpc) is 2.64. The molecule has 29 heavy (non-hydrogen) atoms. The van der Waals surface area contributed by atoms with Crippen molar-refractivity contribution in [1.29, 1.82) is 0 Å². The molecule has 0 spiro atoms. The summed E-state index contributed by atoms with van der Waals surface area (Å²) in [6, 6.07) is 8.57. The predicted molar refractivity (Wildman–Crippen MR) is 113 cm³/mol. The third-order valence-electron chi connectivity index (χ3n) is 4.11. The van der Waals surface area contributed by atoms with E-state index >= 15 is 0 Å². The predicted octanol–water partition coefficient (Wildman–Crippen LogP) is 4.94. The maximum absolute atomic E-state index is 12.5. The number of hydrogen-bond donors (Lipinski definition) is 1. The van der Waals surface area contributed by atoms with Gasteiger partial charge in [0.25, 0.3) is 5.91 Å². The van der Waals surface area contributed by atoms with Crippen LogP contribution in [0.25, 0.3) is 0 Å². The maximum Gasteiger partial charge on any atom is 0.339 e. The second-order valence-corrected chi connectivity index (χ2v) is 7.42. The molecule has 0 saturated carbocycles. The van der Waals surface area contributed by atoms with Crippen molar-refractivity contribution in [3.63, 3.8) is 0 Å². The summed E-state index contributed by atoms with van der Waals surface area (Å²) in [6.45, 7) is 9.09. The van der Waals surface area contributed by atoms with Crippen molar-refractivity contribution in [3.8, 4) is 11.5 Å². The average molecular weight is 420 g/mol. The zero-order valence-electron chi connectivity index (χ0n) is 17.5. The van der Waals surface area contributed by atoms with Crippen molar-refractivity contribution in [2.45, 2.75) is 46.8 Å². The number of anilines is 1. The third-order valence-corrected chi connectivity index (χ3v) is 4.39. The van der Waals surface area contributed by atoms with Gasteiger partial charge in [0.1, 0.15) is 0 Å². The Morgan fingerprint density at radius 1 is 1.07 bits per heavy atom. The number of nitrogens with one attached hydrogen (secondary N) is 1. The summed E-state index contributed by atoms with van der Waals surface area (Å²) in [5.74, 6) is -0.459. The molecule has 1 atom stereocenters. The summed E-state index contributed by atoms with van der Waals surface area (Å²) in [4.78, 5) is 24.9. The number of rotatable bonds is 7. The molecule has 2 aromatic rings. The van der Waals surface area contributed by atoms with Crippen LogP contribution in [0.5, 0.6) is 11.5 Å². The van der Waals surface area contributed by atoms with Gasteiger partial charge in [-0.25, -0.2) is 4.79 Å². The van der Waals surface area contributed by atoms with Gasteiger partial charge in [-0.2, -0.15) is 0 Å². The van der Waals surface area contributed by atoms with E-state index in [2.05, 4.69) is 5.32 Å². The molecule has 0 radical (unpaired) electrons. The van der Waals surface area contributed by atoms with Crippen LogP contribution in [-0.4, -0.2) is 31.2 Å². The zero-order valence-corrected chi connectivity index (χ0v) is 18.2. The summed E-state index contributed by atoms with van der Waals surface area (Å²) in [7, 11) is 1.45. The molecule has 156 valence electrons. The number of esters is 1. The number of carbonyl (C=O) groups is 2. The van der Waals surface area contributed by atoms with Crippen molar-refractivity contribution < 1.29 is 23.8 Å². The molecule has 1 amide bonds. The minimum Gasteiger partial charge on any atom is -0.493 e. The van der Waals surface area contributed by atoms with Crippen LogP contribution in [0.4, 0.5) is 5.69 Å². The van der Waals surface area contributed by atoms with E-state index in [0.29, 0.717) is 17.2 Å². The topological polar surface area (TPSA) is 73.9 Å². The highest BCUT2D eigenvalue weighted by atomic mass is 35.5. The lowest BCUT2D eigenvalue weighted by Gasteiger charge is -2.17. The summed E-state index contributed by atoms with van der Waals surface area (Å²) in [6.07, 6.45) is -1.12. The molecular weight excluding hydrogens is 394 g/mol. The lowest BCUT2D eigenvalue weighted by atomic mass is 10.1. The van der Waals surface area contributed by atoms with Gasteiger partial charge < -0.3 is 19.5 Å². The highest BCUT2D eigenvalue weighted by Gasteiger charge is 2.22. The Kier molecular flexibility index (Phi) is 7.51. The number of ether oxygens (including phenoxy) is 3. The normalized spacial score (nSPS) is 11.7. The Labute approximate surface area is 176 Å². The molecular formula is C22H26ClNO5. The molecule has 0 aliphatic heterocycles. The Hall–Kier alpha value is -2.73. The van der Waals surface area contributed by atoms with Crippen LogP contribution >= 0.6 is 11.6 Å². The van der Waals surface area contributed by atoms with Crippen molar-refractivity contribution in [1.82, 2.24) is 0 Å². The Bertz CT molecular complexity index is 910. The van der Waals surface area contributed by atoms with Gasteiger partial charge in [-0.15, -0.1) is 0 Å². The van der Waals surface area contributed by atoms with E-state index in [1.165, 1.54) is 26.2 Å². The van der Waals surface area contributed by atoms with Crippen LogP contribution in [0.1, 0.15) is 42.3 Å². The largest absolute Gasteiger partial charge is 0.493 e. The highest BCUT2D eigenvalue weighted by molar-refractivity contribution is 6.32. The third kappa shape index (κ3) is 5.87. The first-order valence-electron chi connectivity index (χ1n) is 9.25. The van der Waals surface area contributed by atoms with E-state index in [-0.39, 0.29) is 16.7 Å². The van der Waals surface area contributed by atoms with E-state index < -0.39 is 18.0 Å². The molecule has 0 bridgehead atoms. The van der Waals surface area contributed by atoms with Gasteiger partial charge in [-0.3, -0.25) is 4.79 Å². The van der Waals surface area contributed by atoms with Crippen molar-refractivity contribution >= 4 is 29.2 Å². The van der Waals surface area contributed by atoms with Crippen molar-refractivity contribution in [2.75, 3.05) is 12.4 Å². The molecule has 0 fully saturated rings. The second kappa shape index (κ2) is 9.65. The quantitative estimate of drug-likeness (QED) is 0.643. The van der Waals surface area contributed by atoms with Gasteiger partial charge >= 0.3 is 5.97 Å². The zero-order chi connectivity index (χ0) is 21.7. The fourth-order valence-corrected chi connectivity index (χ4v) is 2.91. The van der Waals surface area contributed by atoms with Gasteiger partial charge in [-0.1, -0.05) is 29.3 Å². The second-order valence-electron chi connectivity index (χ2n) is 7.01. The molecule has 0 unspecified atom stereocenters. The lowest BCUT2D eigenvalue weighted by Crippen LogP contribution is -2.30. The van der Waals surface area contributed by atoms with Gasteiger partial charge in [0.15, 0.2) is 17.6 Å². The molecule has 1 N–H and O–H groups in total. The van der Waals surface area contributed by atoms with Crippen LogP contribution in [0, 0.1) is 13.8 Å². The van der Waals surface area contributed by atoms with Gasteiger partial charge in [-0.05, 0) is 58.4 Å². The molecule has 6 nitrogen and oxygen atoms in total. The van der Waals surface area contributed by atoms with E-state index in [0.717, 1.165) is 11.1 Å². The SMILES string of the molecule is COc1cc(C(=O)O[C@@H](C)C(=O)Nc2ccc(C)cc2C)cc(Cl)c1OC(C)C. The molecule has 2 rings (SSSR count). The maximum atomic E-state index is 12.5. The van der Waals surface area contributed by atoms with E-state index in [1.807, 2.05) is 45.9 Å². The van der Waals surface area contributed by atoms with E-state index in [4.69, 9.17) is 25.8 Å². The minimum atomic E-state index is -1.00. The first-order chi connectivity index (χ1) is 13.6. The minimum absolute atomic E-state index is 0.117. The molecule has 7 heteroatoms. The van der Waals surface area contributed by atoms with Crippen LogP contribution in [0.3, 0.4) is 0 Å². The lowest BCUT2D eigenvalue weighted by molar-refractivity contribution is -0.123. The number of methoxy groups -OCH3 is 1. The van der Waals surface area contributed by atoms with Crippen molar-refractivity contribution in [3.05, 3.63) is 52.0 Å². The summed E-state index contributed by atoms with van der Waals surface area (Å²) >= 11 is 6.25. The number of benzene rings is 2. The van der Waals surface area contributed by atoms with Crippen LogP contribution < -0.4 is 14.8 Å². The molecule has 0 aliphatic rings. The first kappa shape index (κ1) is 22.6. The van der Waals surface area contributed by atoms with Crippen molar-refractivity contribution in [2.24, 2.45) is 0 Å². The van der Waals surface area contributed by atoms with Gasteiger partial charge in [0.2, 0.25) is 0 Å². The number of carbonyl (C=O) groups excluding carboxylic acids is 2. The van der Waals surface area contributed by atoms with E-state index in [1.54, 1.807) is 0 Å². The molecule has 0 aliphatic carbocycles. The number of aryl methyl sites for hydroxylation is 2. The number of hydrogen-bond acceptors (Lipinski definition) is 5. The smallest absolute Gasteiger partial charge is 0.339 e. The molecule has 2 aromatic carbocycles. The molecule has 0 heterocycles. The molecule has 0 saturated heterocycles. The van der Waals surface area contributed by atoms with Crippen LogP contribution in [0.2, 0.25) is 5.02 Å². The monoisotopic (exact) mass is 419 g/mol. The standard InChI is InChI=1S/C22H26ClNO5/c1-12(2)28-20-17(23)10-16(11-19(20)27-6)22(26)29-15(5)21(25)24-18-8-7-13(3)9-14(18)4/h7-12,15H,1-6H3,(H,24,25)/t15-/m0/s1. The number of amides is 1. The number of halogens is 1. The molecule has 0 aromatic heterocycles. The Morgan fingerprint density at radius 3 is 2.34 bits per heavy atom. The summed E-state index contributed by atoms with van der Waals surface area (Å²) in [5, 5.41) is 2.99. The first-order valence-corrected chi connectivity index (χ1v) is 9.63. The summed E-state index contributed by atoms with van der Waals surface area (Å²) in [5.41, 5.74) is 2.85.